The third kappa shape index (κ3) is 2.13. The van der Waals surface area contributed by atoms with Crippen LogP contribution in [0.1, 0.15) is 72.1 Å². The number of hydrogen-bond donors (Lipinski definition) is 2. The van der Waals surface area contributed by atoms with Gasteiger partial charge in [-0.15, -0.1) is 0 Å². The molecule has 9 atom stereocenters. The molecule has 4 aliphatic carbocycles. The minimum atomic E-state index is -0.400. The van der Waals surface area contributed by atoms with E-state index in [2.05, 4.69) is 13.8 Å². The van der Waals surface area contributed by atoms with Gasteiger partial charge < -0.3 is 10.2 Å². The maximum atomic E-state index is 10.5. The van der Waals surface area contributed by atoms with Gasteiger partial charge in [0, 0.05) is 0 Å². The molecule has 4 saturated carbocycles. The molecule has 0 aliphatic heterocycles. The smallest absolute Gasteiger partial charge is 0.0625 e. The van der Waals surface area contributed by atoms with Crippen LogP contribution in [-0.4, -0.2) is 21.9 Å². The van der Waals surface area contributed by atoms with Crippen molar-refractivity contribution in [2.75, 3.05) is 0 Å². The Bertz CT molecular complexity index is 443. The first-order chi connectivity index (χ1) is 10.3. The van der Waals surface area contributed by atoms with Gasteiger partial charge >= 0.3 is 0 Å². The summed E-state index contributed by atoms with van der Waals surface area (Å²) >= 11 is 0. The summed E-state index contributed by atoms with van der Waals surface area (Å²) in [5.74, 6) is 4.65. The van der Waals surface area contributed by atoms with Crippen LogP contribution in [0, 0.1) is 40.9 Å². The fourth-order valence-electron chi connectivity index (χ4n) is 7.79. The number of aliphatic hydroxyl groups excluding tert-OH is 1. The van der Waals surface area contributed by atoms with Crippen molar-refractivity contribution in [2.45, 2.75) is 83.8 Å². The van der Waals surface area contributed by atoms with Gasteiger partial charge in [-0.1, -0.05) is 6.92 Å². The Balaban J connectivity index is 1.58. The van der Waals surface area contributed by atoms with E-state index in [4.69, 9.17) is 0 Å². The van der Waals surface area contributed by atoms with E-state index in [9.17, 15) is 10.2 Å². The minimum Gasteiger partial charge on any atom is -0.393 e. The molecule has 0 aromatic heterocycles. The zero-order valence-corrected chi connectivity index (χ0v) is 14.6. The van der Waals surface area contributed by atoms with Crippen molar-refractivity contribution in [3.05, 3.63) is 0 Å². The fourth-order valence-corrected chi connectivity index (χ4v) is 7.79. The minimum absolute atomic E-state index is 0.143. The van der Waals surface area contributed by atoms with Crippen molar-refractivity contribution in [2.24, 2.45) is 40.9 Å². The van der Waals surface area contributed by atoms with Crippen LogP contribution in [0.15, 0.2) is 0 Å². The highest BCUT2D eigenvalue weighted by Crippen LogP contribution is 2.65. The summed E-state index contributed by atoms with van der Waals surface area (Å²) in [6, 6.07) is 0. The van der Waals surface area contributed by atoms with E-state index in [0.29, 0.717) is 11.3 Å². The van der Waals surface area contributed by atoms with Crippen LogP contribution in [0.4, 0.5) is 0 Å². The van der Waals surface area contributed by atoms with Gasteiger partial charge in [-0.05, 0) is 106 Å². The van der Waals surface area contributed by atoms with E-state index in [-0.39, 0.29) is 6.10 Å². The number of rotatable bonds is 1. The Hall–Kier alpha value is -0.0800. The maximum absolute atomic E-state index is 10.5. The lowest BCUT2D eigenvalue weighted by molar-refractivity contribution is -0.0656. The molecule has 126 valence electrons. The van der Waals surface area contributed by atoms with Crippen molar-refractivity contribution in [1.29, 1.82) is 0 Å². The largest absolute Gasteiger partial charge is 0.393 e. The topological polar surface area (TPSA) is 40.5 Å². The molecule has 0 amide bonds. The molecular weight excluding hydrogens is 272 g/mol. The van der Waals surface area contributed by atoms with Crippen LogP contribution in [0.2, 0.25) is 0 Å². The molecule has 2 N–H and O–H groups in total. The summed E-state index contributed by atoms with van der Waals surface area (Å²) in [6.07, 6.45) is 9.88. The molecule has 4 rings (SSSR count). The molecule has 2 heteroatoms. The maximum Gasteiger partial charge on any atom is 0.0625 e. The summed E-state index contributed by atoms with van der Waals surface area (Å²) in [4.78, 5) is 0. The van der Waals surface area contributed by atoms with E-state index in [0.717, 1.165) is 42.4 Å². The van der Waals surface area contributed by atoms with E-state index >= 15 is 0 Å². The first-order valence-electron chi connectivity index (χ1n) is 9.72. The van der Waals surface area contributed by atoms with Crippen LogP contribution >= 0.6 is 0 Å². The molecule has 0 saturated heterocycles. The molecule has 2 nitrogen and oxygen atoms in total. The van der Waals surface area contributed by atoms with Gasteiger partial charge in [0.15, 0.2) is 0 Å². The Kier molecular flexibility index (Phi) is 3.48. The van der Waals surface area contributed by atoms with E-state index in [1.807, 2.05) is 6.92 Å². The van der Waals surface area contributed by atoms with E-state index in [1.165, 1.54) is 38.5 Å². The van der Waals surface area contributed by atoms with Gasteiger partial charge in [-0.2, -0.15) is 0 Å². The van der Waals surface area contributed by atoms with Gasteiger partial charge in [0.2, 0.25) is 0 Å². The first kappa shape index (κ1) is 15.4. The monoisotopic (exact) mass is 306 g/mol. The summed E-state index contributed by atoms with van der Waals surface area (Å²) in [5, 5.41) is 20.8. The summed E-state index contributed by atoms with van der Waals surface area (Å²) < 4.78 is 0. The van der Waals surface area contributed by atoms with E-state index in [1.54, 1.807) is 0 Å². The summed E-state index contributed by atoms with van der Waals surface area (Å²) in [7, 11) is 0. The van der Waals surface area contributed by atoms with Crippen molar-refractivity contribution in [3.63, 3.8) is 0 Å². The normalized spacial score (nSPS) is 58.8. The Morgan fingerprint density at radius 1 is 0.909 bits per heavy atom. The lowest BCUT2D eigenvalue weighted by Crippen LogP contribution is -2.47. The molecule has 0 bridgehead atoms. The third-order valence-corrected chi connectivity index (χ3v) is 8.55. The highest BCUT2D eigenvalue weighted by molar-refractivity contribution is 5.08. The molecule has 22 heavy (non-hydrogen) atoms. The number of hydrogen-bond acceptors (Lipinski definition) is 2. The molecule has 0 spiro atoms. The van der Waals surface area contributed by atoms with Crippen molar-refractivity contribution in [1.82, 2.24) is 0 Å². The van der Waals surface area contributed by atoms with Crippen LogP contribution in [0.3, 0.4) is 0 Å². The molecule has 4 aliphatic rings. The average molecular weight is 306 g/mol. The number of aliphatic hydroxyl groups is 2. The Morgan fingerprint density at radius 3 is 2.41 bits per heavy atom. The number of fused-ring (bicyclic) bond motifs is 5. The van der Waals surface area contributed by atoms with Gasteiger partial charge in [0.25, 0.3) is 0 Å². The second-order valence-corrected chi connectivity index (χ2v) is 9.81. The van der Waals surface area contributed by atoms with E-state index < -0.39 is 5.60 Å². The molecule has 0 heterocycles. The average Bonchev–Trinajstić information content (AvgIpc) is 2.93. The predicted octanol–water partition coefficient (Wildman–Crippen LogP) is 4.00. The molecule has 4 fully saturated rings. The van der Waals surface area contributed by atoms with Gasteiger partial charge in [0.1, 0.15) is 0 Å². The predicted molar refractivity (Wildman–Crippen MR) is 88.3 cm³/mol. The molecular formula is C20H34O2. The highest BCUT2D eigenvalue weighted by atomic mass is 16.3. The second-order valence-electron chi connectivity index (χ2n) is 9.81. The first-order valence-corrected chi connectivity index (χ1v) is 9.72. The van der Waals surface area contributed by atoms with Crippen molar-refractivity contribution in [3.8, 4) is 0 Å². The van der Waals surface area contributed by atoms with Crippen molar-refractivity contribution >= 4 is 0 Å². The molecule has 0 aromatic rings. The highest BCUT2D eigenvalue weighted by Gasteiger charge is 2.59. The third-order valence-electron chi connectivity index (χ3n) is 8.55. The fraction of sp³-hybridized carbons (Fsp3) is 1.00. The SMILES string of the molecule is CC(O)[C@H]1CC[C@H]2[C@@H]3CC[C@@H]4C[C@](C)(O)C[C@@H]4[C@H]3CC[C@]12C. The standard InChI is InChI=1S/C20H34O2/c1-12(21)17-6-7-18-15-5-4-13-10-19(2,22)11-16(13)14(15)8-9-20(17,18)3/h12-18,21-22H,4-11H2,1-3H3/t12?,13-,14+,15-,16+,17-,18+,19+,20-/m1/s1. The van der Waals surface area contributed by atoms with Crippen molar-refractivity contribution < 1.29 is 10.2 Å². The van der Waals surface area contributed by atoms with Gasteiger partial charge in [-0.25, -0.2) is 0 Å². The molecule has 0 aromatic carbocycles. The Morgan fingerprint density at radius 2 is 1.68 bits per heavy atom. The van der Waals surface area contributed by atoms with Crippen LogP contribution in [-0.2, 0) is 0 Å². The zero-order chi connectivity index (χ0) is 15.7. The lowest BCUT2D eigenvalue weighted by Gasteiger charge is -2.54. The lowest BCUT2D eigenvalue weighted by atomic mass is 9.51. The van der Waals surface area contributed by atoms with Crippen LogP contribution < -0.4 is 0 Å². The summed E-state index contributed by atoms with van der Waals surface area (Å²) in [5.41, 5.74) is -0.0217. The van der Waals surface area contributed by atoms with Crippen LogP contribution in [0.25, 0.3) is 0 Å². The summed E-state index contributed by atoms with van der Waals surface area (Å²) in [6.45, 7) is 6.55. The second kappa shape index (κ2) is 4.96. The van der Waals surface area contributed by atoms with Gasteiger partial charge in [-0.3, -0.25) is 0 Å². The quantitative estimate of drug-likeness (QED) is 0.769. The molecule has 0 radical (unpaired) electrons. The Labute approximate surface area is 135 Å². The van der Waals surface area contributed by atoms with Gasteiger partial charge in [0.05, 0.1) is 11.7 Å². The van der Waals surface area contributed by atoms with Crippen LogP contribution in [0.5, 0.6) is 0 Å². The zero-order valence-electron chi connectivity index (χ0n) is 14.6. The molecule has 1 unspecified atom stereocenters.